The van der Waals surface area contributed by atoms with Crippen molar-refractivity contribution >= 4 is 16.9 Å². The topological polar surface area (TPSA) is 51.5 Å². The first-order valence-corrected chi connectivity index (χ1v) is 10.7. The van der Waals surface area contributed by atoms with Gasteiger partial charge in [-0.05, 0) is 59.2 Å². The number of hydrogen-bond acceptors (Lipinski definition) is 2. The van der Waals surface area contributed by atoms with Crippen molar-refractivity contribution in [2.75, 3.05) is 0 Å². The molecule has 0 bridgehead atoms. The molecular formula is C27H26FNO3. The van der Waals surface area contributed by atoms with Crippen molar-refractivity contribution < 1.29 is 19.0 Å². The summed E-state index contributed by atoms with van der Waals surface area (Å²) < 4.78 is 22.2. The molecule has 0 fully saturated rings. The molecule has 1 aromatic heterocycles. The maximum atomic E-state index is 14.1. The van der Waals surface area contributed by atoms with Gasteiger partial charge in [-0.15, -0.1) is 0 Å². The van der Waals surface area contributed by atoms with Crippen molar-refractivity contribution in [2.24, 2.45) is 0 Å². The number of rotatable bonds is 8. The summed E-state index contributed by atoms with van der Waals surface area (Å²) in [6.45, 7) is 4.85. The number of aromatic nitrogens is 1. The van der Waals surface area contributed by atoms with E-state index in [1.807, 2.05) is 55.6 Å². The Kier molecular flexibility index (Phi) is 6.26. The average Bonchev–Trinajstić information content (AvgIpc) is 3.18. The van der Waals surface area contributed by atoms with Gasteiger partial charge in [-0.2, -0.15) is 0 Å². The van der Waals surface area contributed by atoms with E-state index < -0.39 is 5.97 Å². The van der Waals surface area contributed by atoms with Gasteiger partial charge >= 0.3 is 5.97 Å². The fourth-order valence-electron chi connectivity index (χ4n) is 4.06. The van der Waals surface area contributed by atoms with Crippen LogP contribution in [0.2, 0.25) is 0 Å². The van der Waals surface area contributed by atoms with Crippen molar-refractivity contribution in [3.8, 4) is 5.75 Å². The molecule has 4 rings (SSSR count). The average molecular weight is 432 g/mol. The predicted octanol–water partition coefficient (Wildman–Crippen LogP) is 6.29. The zero-order chi connectivity index (χ0) is 22.7. The van der Waals surface area contributed by atoms with Crippen LogP contribution < -0.4 is 4.74 Å². The Morgan fingerprint density at radius 3 is 2.50 bits per heavy atom. The molecule has 3 aromatic carbocycles. The minimum Gasteiger partial charge on any atom is -0.489 e. The van der Waals surface area contributed by atoms with Crippen LogP contribution in [0.1, 0.15) is 41.5 Å². The highest BCUT2D eigenvalue weighted by Crippen LogP contribution is 2.27. The second-order valence-corrected chi connectivity index (χ2v) is 8.18. The Balaban J connectivity index is 1.51. The van der Waals surface area contributed by atoms with Crippen molar-refractivity contribution in [3.05, 3.63) is 101 Å². The van der Waals surface area contributed by atoms with Crippen LogP contribution in [0.4, 0.5) is 4.39 Å². The molecule has 5 heteroatoms. The predicted molar refractivity (Wildman–Crippen MR) is 124 cm³/mol. The summed E-state index contributed by atoms with van der Waals surface area (Å²) in [6.07, 6.45) is 2.09. The lowest BCUT2D eigenvalue weighted by molar-refractivity contribution is -0.137. The molecule has 0 aliphatic carbocycles. The highest BCUT2D eigenvalue weighted by molar-refractivity contribution is 5.84. The van der Waals surface area contributed by atoms with Crippen LogP contribution in [0.25, 0.3) is 10.9 Å². The Morgan fingerprint density at radius 1 is 1.03 bits per heavy atom. The number of aliphatic carboxylic acids is 1. The van der Waals surface area contributed by atoms with Crippen molar-refractivity contribution in [1.29, 1.82) is 0 Å². The van der Waals surface area contributed by atoms with Crippen molar-refractivity contribution in [1.82, 2.24) is 4.57 Å². The van der Waals surface area contributed by atoms with Crippen molar-refractivity contribution in [3.63, 3.8) is 0 Å². The molecule has 0 radical (unpaired) electrons. The van der Waals surface area contributed by atoms with Gasteiger partial charge in [0.1, 0.15) is 18.2 Å². The zero-order valence-electron chi connectivity index (χ0n) is 18.2. The van der Waals surface area contributed by atoms with Crippen molar-refractivity contribution in [2.45, 2.75) is 39.3 Å². The number of fused-ring (bicyclic) bond motifs is 1. The van der Waals surface area contributed by atoms with Gasteiger partial charge in [0.25, 0.3) is 0 Å². The van der Waals surface area contributed by atoms with Crippen LogP contribution in [0.3, 0.4) is 0 Å². The second-order valence-electron chi connectivity index (χ2n) is 8.18. The summed E-state index contributed by atoms with van der Waals surface area (Å²) in [7, 11) is 0. The molecule has 4 aromatic rings. The fraction of sp³-hybridized carbons (Fsp3) is 0.222. The zero-order valence-corrected chi connectivity index (χ0v) is 18.2. The highest BCUT2D eigenvalue weighted by Gasteiger charge is 2.12. The largest absolute Gasteiger partial charge is 0.489 e. The number of carboxylic acids is 1. The molecule has 1 N–H and O–H groups in total. The number of benzene rings is 3. The van der Waals surface area contributed by atoms with Gasteiger partial charge in [0.2, 0.25) is 0 Å². The van der Waals surface area contributed by atoms with Gasteiger partial charge in [0.05, 0.1) is 18.5 Å². The number of ether oxygens (including phenoxy) is 1. The molecule has 1 unspecified atom stereocenters. The van der Waals surface area contributed by atoms with Gasteiger partial charge in [-0.3, -0.25) is 4.79 Å². The summed E-state index contributed by atoms with van der Waals surface area (Å²) in [5.41, 5.74) is 4.88. The molecule has 0 aliphatic rings. The molecule has 0 amide bonds. The van der Waals surface area contributed by atoms with Gasteiger partial charge in [0.15, 0.2) is 0 Å². The molecule has 164 valence electrons. The number of nitrogens with zero attached hydrogens (tertiary/aromatic N) is 1. The van der Waals surface area contributed by atoms with Gasteiger partial charge in [0, 0.05) is 11.8 Å². The summed E-state index contributed by atoms with van der Waals surface area (Å²) in [5, 5.41) is 10.1. The summed E-state index contributed by atoms with van der Waals surface area (Å²) in [6, 6.07) is 20.6. The normalized spacial score (nSPS) is 12.1. The first-order chi connectivity index (χ1) is 15.4. The van der Waals surface area contributed by atoms with Crippen LogP contribution in [-0.2, 0) is 17.9 Å². The first kappa shape index (κ1) is 21.6. The Hall–Kier alpha value is -3.60. The molecule has 4 nitrogen and oxygen atoms in total. The molecular weight excluding hydrogens is 405 g/mol. The smallest absolute Gasteiger partial charge is 0.303 e. The lowest BCUT2D eigenvalue weighted by atomic mass is 9.98. The standard InChI is InChI=1S/C27H26FNO3/c1-18(15-26(30)31)20-9-11-24(12-10-20)32-17-23-8-7-21-13-14-29(27(21)19(23)2)16-22-5-3-4-6-25(22)28/h3-14,18H,15-17H2,1-2H3,(H,30,31). The molecule has 1 atom stereocenters. The molecule has 1 heterocycles. The SMILES string of the molecule is Cc1c(COc2ccc(C(C)CC(=O)O)cc2)ccc2ccn(Cc3ccccc3F)c12. The van der Waals surface area contributed by atoms with E-state index in [0.29, 0.717) is 18.7 Å². The third-order valence-electron chi connectivity index (χ3n) is 5.92. The minimum absolute atomic E-state index is 0.0477. The van der Waals surface area contributed by atoms with E-state index in [9.17, 15) is 9.18 Å². The maximum Gasteiger partial charge on any atom is 0.303 e. The summed E-state index contributed by atoms with van der Waals surface area (Å²) in [5.74, 6) is -0.318. The minimum atomic E-state index is -0.802. The first-order valence-electron chi connectivity index (χ1n) is 10.7. The maximum absolute atomic E-state index is 14.1. The summed E-state index contributed by atoms with van der Waals surface area (Å²) in [4.78, 5) is 10.9. The molecule has 0 spiro atoms. The molecule has 0 saturated carbocycles. The summed E-state index contributed by atoms with van der Waals surface area (Å²) >= 11 is 0. The van der Waals surface area contributed by atoms with E-state index >= 15 is 0 Å². The monoisotopic (exact) mass is 431 g/mol. The molecule has 0 saturated heterocycles. The van der Waals surface area contributed by atoms with E-state index in [1.165, 1.54) is 6.07 Å². The lowest BCUT2D eigenvalue weighted by Gasteiger charge is -2.14. The number of carbonyl (C=O) groups is 1. The third-order valence-corrected chi connectivity index (χ3v) is 5.92. The Labute approximate surface area is 186 Å². The van der Waals surface area contributed by atoms with E-state index in [1.54, 1.807) is 6.07 Å². The quantitative estimate of drug-likeness (QED) is 0.356. The van der Waals surface area contributed by atoms with E-state index in [-0.39, 0.29) is 18.2 Å². The highest BCUT2D eigenvalue weighted by atomic mass is 19.1. The van der Waals surface area contributed by atoms with Crippen LogP contribution in [-0.4, -0.2) is 15.6 Å². The fourth-order valence-corrected chi connectivity index (χ4v) is 4.06. The number of carboxylic acid groups (broad SMARTS) is 1. The van der Waals surface area contributed by atoms with E-state index in [2.05, 4.69) is 23.6 Å². The molecule has 32 heavy (non-hydrogen) atoms. The third kappa shape index (κ3) is 4.67. The second kappa shape index (κ2) is 9.27. The van der Waals surface area contributed by atoms with Crippen LogP contribution >= 0.6 is 0 Å². The van der Waals surface area contributed by atoms with Crippen LogP contribution in [0.5, 0.6) is 5.75 Å². The molecule has 0 aliphatic heterocycles. The van der Waals surface area contributed by atoms with E-state index in [4.69, 9.17) is 9.84 Å². The number of aryl methyl sites for hydroxylation is 1. The van der Waals surface area contributed by atoms with Gasteiger partial charge < -0.3 is 14.4 Å². The number of hydrogen-bond donors (Lipinski definition) is 1. The Morgan fingerprint density at radius 2 is 1.78 bits per heavy atom. The van der Waals surface area contributed by atoms with Gasteiger partial charge in [-0.25, -0.2) is 4.39 Å². The Bertz CT molecular complexity index is 1240. The van der Waals surface area contributed by atoms with Crippen LogP contribution in [0, 0.1) is 12.7 Å². The number of halogens is 1. The van der Waals surface area contributed by atoms with Gasteiger partial charge in [-0.1, -0.05) is 49.4 Å². The van der Waals surface area contributed by atoms with Crippen LogP contribution in [0.15, 0.2) is 72.9 Å². The lowest BCUT2D eigenvalue weighted by Crippen LogP contribution is -2.04. The van der Waals surface area contributed by atoms with E-state index in [0.717, 1.165) is 33.3 Å².